The van der Waals surface area contributed by atoms with Crippen molar-refractivity contribution < 1.29 is 27.6 Å². The molecule has 27 heavy (non-hydrogen) atoms. The van der Waals surface area contributed by atoms with Gasteiger partial charge in [0.1, 0.15) is 4.88 Å². The molecule has 0 spiro atoms. The molecule has 136 valence electrons. The maximum Gasteiger partial charge on any atom is 0.435 e. The van der Waals surface area contributed by atoms with Gasteiger partial charge in [0.2, 0.25) is 0 Å². The Morgan fingerprint density at radius 1 is 1.04 bits per heavy atom. The Hall–Kier alpha value is -3.07. The zero-order valence-electron chi connectivity index (χ0n) is 13.6. The number of imide groups is 3. The van der Waals surface area contributed by atoms with E-state index in [1.54, 1.807) is 24.3 Å². The minimum absolute atomic E-state index is 0.00471. The zero-order valence-corrected chi connectivity index (χ0v) is 14.4. The fraction of sp³-hybridized carbons (Fsp3) is 0.111. The molecule has 0 fully saturated rings. The Labute approximate surface area is 154 Å². The Morgan fingerprint density at radius 3 is 2.11 bits per heavy atom. The summed E-state index contributed by atoms with van der Waals surface area (Å²) in [5.41, 5.74) is -1.22. The summed E-state index contributed by atoms with van der Waals surface area (Å²) >= 11 is 0.494. The molecule has 0 radical (unpaired) electrons. The average Bonchev–Trinajstić information content (AvgIpc) is 3.02. The molecule has 0 N–H and O–H groups in total. The molecule has 0 unspecified atom stereocenters. The van der Waals surface area contributed by atoms with Crippen molar-refractivity contribution in [1.29, 1.82) is 0 Å². The third kappa shape index (κ3) is 2.54. The van der Waals surface area contributed by atoms with Crippen molar-refractivity contribution in [1.82, 2.24) is 9.88 Å². The number of aromatic nitrogens is 1. The number of hydrogen-bond acceptors (Lipinski definition) is 5. The third-order valence-electron chi connectivity index (χ3n) is 4.17. The third-order valence-corrected chi connectivity index (χ3v) is 5.13. The Bertz CT molecular complexity index is 1100. The number of thiazole rings is 1. The van der Waals surface area contributed by atoms with Crippen LogP contribution in [0.1, 0.15) is 41.1 Å². The van der Waals surface area contributed by atoms with Crippen LogP contribution in [0, 0.1) is 6.92 Å². The van der Waals surface area contributed by atoms with E-state index in [9.17, 15) is 27.6 Å². The van der Waals surface area contributed by atoms with Crippen LogP contribution >= 0.6 is 11.3 Å². The van der Waals surface area contributed by atoms with Gasteiger partial charge in [0.25, 0.3) is 17.7 Å². The van der Waals surface area contributed by atoms with Crippen LogP contribution in [0.15, 0.2) is 36.4 Å². The van der Waals surface area contributed by atoms with Crippen LogP contribution < -0.4 is 0 Å². The summed E-state index contributed by atoms with van der Waals surface area (Å²) in [4.78, 5) is 41.2. The van der Waals surface area contributed by atoms with E-state index in [1.807, 2.05) is 0 Å². The molecule has 5 nitrogen and oxygen atoms in total. The van der Waals surface area contributed by atoms with Gasteiger partial charge in [0, 0.05) is 16.5 Å². The van der Waals surface area contributed by atoms with E-state index >= 15 is 0 Å². The van der Waals surface area contributed by atoms with Gasteiger partial charge in [-0.2, -0.15) is 13.2 Å². The number of carbonyl (C=O) groups is 3. The smallest absolute Gasteiger partial charge is 0.268 e. The van der Waals surface area contributed by atoms with E-state index in [1.165, 1.54) is 19.1 Å². The normalized spacial score (nSPS) is 14.1. The van der Waals surface area contributed by atoms with Gasteiger partial charge >= 0.3 is 6.18 Å². The van der Waals surface area contributed by atoms with Crippen LogP contribution in [0.25, 0.3) is 10.8 Å². The first-order valence-electron chi connectivity index (χ1n) is 7.69. The number of halogens is 3. The number of aryl methyl sites for hydroxylation is 1. The number of alkyl halides is 3. The molecule has 0 saturated carbocycles. The lowest BCUT2D eigenvalue weighted by molar-refractivity contribution is -0.141. The standard InChI is InChI=1S/C18H9F3N2O3S/c1-8-22-14(18(19,20)21)13(27-8)17(26)23-15(24)10-6-2-4-9-5-3-7-11(12(9)10)16(23)25/h2-7H,1H3. The van der Waals surface area contributed by atoms with Crippen molar-refractivity contribution in [3.63, 3.8) is 0 Å². The van der Waals surface area contributed by atoms with E-state index in [2.05, 4.69) is 4.98 Å². The number of nitrogens with zero attached hydrogens (tertiary/aromatic N) is 2. The van der Waals surface area contributed by atoms with Crippen LogP contribution in [-0.4, -0.2) is 27.6 Å². The molecule has 2 aromatic carbocycles. The highest BCUT2D eigenvalue weighted by molar-refractivity contribution is 7.13. The van der Waals surface area contributed by atoms with Crippen molar-refractivity contribution in [2.75, 3.05) is 0 Å². The summed E-state index contributed by atoms with van der Waals surface area (Å²) in [6, 6.07) is 9.43. The van der Waals surface area contributed by atoms with Gasteiger partial charge in [-0.25, -0.2) is 9.88 Å². The van der Waals surface area contributed by atoms with Gasteiger partial charge in [-0.05, 0) is 24.4 Å². The molecule has 0 atom stereocenters. The lowest BCUT2D eigenvalue weighted by atomic mass is 9.94. The van der Waals surface area contributed by atoms with Crippen molar-refractivity contribution in [3.05, 3.63) is 63.1 Å². The molecule has 1 aliphatic rings. The SMILES string of the molecule is Cc1nc(C(F)(F)F)c(C(=O)N2C(=O)c3cccc4cccc(c34)C2=O)s1. The quantitative estimate of drug-likeness (QED) is 0.588. The number of carbonyl (C=O) groups excluding carboxylic acids is 3. The lowest BCUT2D eigenvalue weighted by Crippen LogP contribution is -2.44. The monoisotopic (exact) mass is 390 g/mol. The molecule has 4 rings (SSSR count). The van der Waals surface area contributed by atoms with E-state index in [-0.39, 0.29) is 21.0 Å². The summed E-state index contributed by atoms with van der Waals surface area (Å²) in [6.45, 7) is 1.31. The van der Waals surface area contributed by atoms with E-state index in [4.69, 9.17) is 0 Å². The fourth-order valence-electron chi connectivity index (χ4n) is 3.08. The van der Waals surface area contributed by atoms with Crippen molar-refractivity contribution in [2.45, 2.75) is 13.1 Å². The van der Waals surface area contributed by atoms with Crippen LogP contribution in [0.5, 0.6) is 0 Å². The highest BCUT2D eigenvalue weighted by atomic mass is 32.1. The second-order valence-corrected chi connectivity index (χ2v) is 7.07. The first-order chi connectivity index (χ1) is 12.7. The van der Waals surface area contributed by atoms with Crippen LogP contribution in [0.4, 0.5) is 13.2 Å². The van der Waals surface area contributed by atoms with Gasteiger partial charge in [0.05, 0.1) is 5.01 Å². The first kappa shape index (κ1) is 17.3. The van der Waals surface area contributed by atoms with Crippen molar-refractivity contribution in [2.24, 2.45) is 0 Å². The molecule has 0 saturated heterocycles. The van der Waals surface area contributed by atoms with Crippen molar-refractivity contribution >= 4 is 39.8 Å². The molecule has 2 heterocycles. The van der Waals surface area contributed by atoms with Crippen LogP contribution in [0.2, 0.25) is 0 Å². The van der Waals surface area contributed by atoms with Gasteiger partial charge < -0.3 is 0 Å². The molecule has 1 aromatic heterocycles. The number of rotatable bonds is 1. The van der Waals surface area contributed by atoms with E-state index < -0.39 is 34.5 Å². The number of hydrogen-bond donors (Lipinski definition) is 0. The summed E-state index contributed by atoms with van der Waals surface area (Å²) in [6.07, 6.45) is -4.88. The Morgan fingerprint density at radius 2 is 1.59 bits per heavy atom. The minimum Gasteiger partial charge on any atom is -0.268 e. The lowest BCUT2D eigenvalue weighted by Gasteiger charge is -2.25. The average molecular weight is 390 g/mol. The number of benzene rings is 2. The van der Waals surface area contributed by atoms with Gasteiger partial charge in [-0.15, -0.1) is 11.3 Å². The summed E-state index contributed by atoms with van der Waals surface area (Å²) < 4.78 is 39.6. The molecule has 3 amide bonds. The molecular formula is C18H9F3N2O3S. The summed E-state index contributed by atoms with van der Waals surface area (Å²) in [7, 11) is 0. The van der Waals surface area contributed by atoms with Gasteiger partial charge in [0.15, 0.2) is 5.69 Å². The minimum atomic E-state index is -4.88. The largest absolute Gasteiger partial charge is 0.435 e. The Kier molecular flexibility index (Phi) is 3.67. The highest BCUT2D eigenvalue weighted by Gasteiger charge is 2.44. The maximum absolute atomic E-state index is 13.2. The first-order valence-corrected chi connectivity index (χ1v) is 8.51. The molecule has 9 heteroatoms. The van der Waals surface area contributed by atoms with E-state index in [0.29, 0.717) is 22.1 Å². The Balaban J connectivity index is 1.89. The van der Waals surface area contributed by atoms with Gasteiger partial charge in [-0.3, -0.25) is 14.4 Å². The summed E-state index contributed by atoms with van der Waals surface area (Å²) in [5, 5.41) is 1.02. The topological polar surface area (TPSA) is 67.3 Å². The maximum atomic E-state index is 13.2. The summed E-state index contributed by atoms with van der Waals surface area (Å²) in [5.74, 6) is -3.23. The predicted octanol–water partition coefficient (Wildman–Crippen LogP) is 4.06. The highest BCUT2D eigenvalue weighted by Crippen LogP contribution is 2.37. The molecular weight excluding hydrogens is 381 g/mol. The second-order valence-electron chi connectivity index (χ2n) is 5.87. The predicted molar refractivity (Wildman–Crippen MR) is 90.6 cm³/mol. The van der Waals surface area contributed by atoms with Crippen LogP contribution in [-0.2, 0) is 6.18 Å². The zero-order chi connectivity index (χ0) is 19.5. The second kappa shape index (κ2) is 5.71. The number of amides is 3. The molecule has 3 aromatic rings. The fourth-order valence-corrected chi connectivity index (χ4v) is 3.95. The molecule has 0 bridgehead atoms. The van der Waals surface area contributed by atoms with Gasteiger partial charge in [-0.1, -0.05) is 24.3 Å². The van der Waals surface area contributed by atoms with Crippen LogP contribution in [0.3, 0.4) is 0 Å². The van der Waals surface area contributed by atoms with Crippen molar-refractivity contribution in [3.8, 4) is 0 Å². The molecule has 0 aliphatic carbocycles. The van der Waals surface area contributed by atoms with E-state index in [0.717, 1.165) is 0 Å². The molecule has 1 aliphatic heterocycles.